The van der Waals surface area contributed by atoms with Gasteiger partial charge < -0.3 is 4.98 Å². The van der Waals surface area contributed by atoms with Gasteiger partial charge in [0.05, 0.1) is 27.1 Å². The van der Waals surface area contributed by atoms with Gasteiger partial charge in [0.15, 0.2) is 0 Å². The molecule has 9 nitrogen and oxygen atoms in total. The summed E-state index contributed by atoms with van der Waals surface area (Å²) in [7, 11) is 0. The Labute approximate surface area is 160 Å². The molecule has 0 unspecified atom stereocenters. The lowest BCUT2D eigenvalue weighted by atomic mass is 10.2. The molecule has 0 saturated carbocycles. The highest BCUT2D eigenvalue weighted by molar-refractivity contribution is 6.36. The number of hydrogen-bond donors (Lipinski definition) is 2. The third-order valence-corrected chi connectivity index (χ3v) is 4.01. The monoisotopic (exact) mass is 405 g/mol. The Morgan fingerprint density at radius 2 is 2.04 bits per heavy atom. The van der Waals surface area contributed by atoms with E-state index in [1.807, 2.05) is 0 Å². The predicted molar refractivity (Wildman–Crippen MR) is 101 cm³/mol. The van der Waals surface area contributed by atoms with E-state index < -0.39 is 16.4 Å². The van der Waals surface area contributed by atoms with E-state index in [0.717, 1.165) is 6.07 Å². The van der Waals surface area contributed by atoms with Gasteiger partial charge in [0.1, 0.15) is 0 Å². The molecule has 3 rings (SSSR count). The van der Waals surface area contributed by atoms with E-state index in [1.54, 1.807) is 12.1 Å². The van der Waals surface area contributed by atoms with E-state index in [0.29, 0.717) is 15.6 Å². The summed E-state index contributed by atoms with van der Waals surface area (Å²) in [6, 6.07) is 8.31. The van der Waals surface area contributed by atoms with Crippen LogP contribution < -0.4 is 11.0 Å². The van der Waals surface area contributed by atoms with Crippen LogP contribution in [0.15, 0.2) is 46.3 Å². The van der Waals surface area contributed by atoms with Crippen LogP contribution in [0.2, 0.25) is 10.0 Å². The van der Waals surface area contributed by atoms with Crippen molar-refractivity contribution in [2.45, 2.75) is 0 Å². The minimum atomic E-state index is -0.770. The highest BCUT2D eigenvalue weighted by Crippen LogP contribution is 2.19. The van der Waals surface area contributed by atoms with Crippen molar-refractivity contribution in [3.63, 3.8) is 0 Å². The second kappa shape index (κ2) is 7.52. The number of carbonyl (C=O) groups excluding carboxylic acids is 1. The van der Waals surface area contributed by atoms with Crippen molar-refractivity contribution >= 4 is 51.9 Å². The second-order valence-electron chi connectivity index (χ2n) is 5.24. The summed E-state index contributed by atoms with van der Waals surface area (Å²) in [5.41, 5.74) is 1.93. The number of benzene rings is 2. The third-order valence-electron chi connectivity index (χ3n) is 3.45. The maximum absolute atomic E-state index is 12.1. The molecule has 0 aliphatic rings. The quantitative estimate of drug-likeness (QED) is 0.391. The van der Waals surface area contributed by atoms with Crippen molar-refractivity contribution in [1.29, 1.82) is 0 Å². The minimum Gasteiger partial charge on any atom is -0.302 e. The van der Waals surface area contributed by atoms with Crippen LogP contribution in [0.5, 0.6) is 0 Å². The maximum atomic E-state index is 12.1. The zero-order valence-electron chi connectivity index (χ0n) is 13.3. The number of aromatic amines is 1. The Balaban J connectivity index is 1.83. The summed E-state index contributed by atoms with van der Waals surface area (Å²) in [6.07, 6.45) is 1.30. The van der Waals surface area contributed by atoms with Gasteiger partial charge >= 0.3 is 5.91 Å². The van der Waals surface area contributed by atoms with Gasteiger partial charge in [0.2, 0.25) is 5.82 Å². The van der Waals surface area contributed by atoms with Gasteiger partial charge in [-0.3, -0.25) is 19.7 Å². The van der Waals surface area contributed by atoms with E-state index >= 15 is 0 Å². The number of aromatic nitrogens is 2. The fourth-order valence-corrected chi connectivity index (χ4v) is 2.62. The van der Waals surface area contributed by atoms with Crippen LogP contribution in [0.1, 0.15) is 16.2 Å². The molecule has 0 atom stereocenters. The number of rotatable bonds is 4. The van der Waals surface area contributed by atoms with Crippen LogP contribution in [0, 0.1) is 10.1 Å². The molecule has 2 aromatic carbocycles. The lowest BCUT2D eigenvalue weighted by Gasteiger charge is -2.02. The fraction of sp³-hybridized carbons (Fsp3) is 0. The number of carbonyl (C=O) groups is 1. The van der Waals surface area contributed by atoms with Crippen molar-refractivity contribution in [1.82, 2.24) is 15.4 Å². The second-order valence-corrected chi connectivity index (χ2v) is 6.08. The Hall–Kier alpha value is -3.30. The lowest BCUT2D eigenvalue weighted by Crippen LogP contribution is -2.24. The van der Waals surface area contributed by atoms with Gasteiger partial charge in [-0.2, -0.15) is 5.10 Å². The third kappa shape index (κ3) is 4.10. The number of hydrazone groups is 1. The van der Waals surface area contributed by atoms with Gasteiger partial charge in [-0.05, 0) is 18.2 Å². The summed E-state index contributed by atoms with van der Waals surface area (Å²) in [4.78, 5) is 40.6. The summed E-state index contributed by atoms with van der Waals surface area (Å²) < 4.78 is 0. The number of nitrogens with one attached hydrogen (secondary N) is 2. The fourth-order valence-electron chi connectivity index (χ4n) is 2.17. The van der Waals surface area contributed by atoms with Gasteiger partial charge in [0.25, 0.3) is 11.2 Å². The van der Waals surface area contributed by atoms with Crippen LogP contribution >= 0.6 is 23.2 Å². The Morgan fingerprint density at radius 1 is 1.26 bits per heavy atom. The maximum Gasteiger partial charge on any atom is 0.307 e. The van der Waals surface area contributed by atoms with E-state index in [4.69, 9.17) is 23.2 Å². The number of nitrogens with zero attached hydrogens (tertiary/aromatic N) is 3. The topological polar surface area (TPSA) is 130 Å². The molecule has 0 bridgehead atoms. The number of non-ortho nitro benzene ring substituents is 1. The summed E-state index contributed by atoms with van der Waals surface area (Å²) in [5.74, 6) is -1.06. The first-order valence-corrected chi connectivity index (χ1v) is 8.07. The van der Waals surface area contributed by atoms with E-state index in [9.17, 15) is 19.7 Å². The zero-order chi connectivity index (χ0) is 19.6. The smallest absolute Gasteiger partial charge is 0.302 e. The molecule has 0 spiro atoms. The van der Waals surface area contributed by atoms with Gasteiger partial charge in [-0.25, -0.2) is 10.4 Å². The molecule has 11 heteroatoms. The highest BCUT2D eigenvalue weighted by atomic mass is 35.5. The molecular weight excluding hydrogens is 397 g/mol. The van der Waals surface area contributed by atoms with Gasteiger partial charge in [0, 0.05) is 22.7 Å². The normalized spacial score (nSPS) is 11.0. The Kier molecular flexibility index (Phi) is 5.15. The highest BCUT2D eigenvalue weighted by Gasteiger charge is 2.14. The molecule has 136 valence electrons. The minimum absolute atomic E-state index is 0.00260. The number of nitro groups is 1. The largest absolute Gasteiger partial charge is 0.307 e. The zero-order valence-corrected chi connectivity index (χ0v) is 14.8. The average molecular weight is 406 g/mol. The van der Waals surface area contributed by atoms with Gasteiger partial charge in [-0.15, -0.1) is 0 Å². The first kappa shape index (κ1) is 18.5. The number of amides is 1. The van der Waals surface area contributed by atoms with Crippen LogP contribution in [0.4, 0.5) is 5.69 Å². The molecule has 27 heavy (non-hydrogen) atoms. The van der Waals surface area contributed by atoms with Crippen molar-refractivity contribution in [2.24, 2.45) is 5.10 Å². The van der Waals surface area contributed by atoms with Crippen molar-refractivity contribution in [3.8, 4) is 0 Å². The van der Waals surface area contributed by atoms with E-state index in [1.165, 1.54) is 24.4 Å². The SMILES string of the molecule is O=C(N/N=C\c1ccc(Cl)cc1Cl)c1nc2ccc([N+](=O)[O-])cc2c(=O)[nH]1. The summed E-state index contributed by atoms with van der Waals surface area (Å²) in [5, 5.41) is 15.3. The molecule has 0 aliphatic heterocycles. The average Bonchev–Trinajstić information content (AvgIpc) is 2.63. The molecule has 0 saturated heterocycles. The van der Waals surface area contributed by atoms with Crippen molar-refractivity contribution < 1.29 is 9.72 Å². The lowest BCUT2D eigenvalue weighted by molar-refractivity contribution is -0.384. The Bertz CT molecular complexity index is 1160. The molecule has 1 aromatic heterocycles. The number of halogens is 2. The van der Waals surface area contributed by atoms with E-state index in [2.05, 4.69) is 20.5 Å². The van der Waals surface area contributed by atoms with Gasteiger partial charge in [-0.1, -0.05) is 29.3 Å². The Morgan fingerprint density at radius 3 is 2.74 bits per heavy atom. The molecule has 0 fully saturated rings. The van der Waals surface area contributed by atoms with Crippen LogP contribution in [-0.4, -0.2) is 27.0 Å². The standard InChI is InChI=1S/C16H9Cl2N5O4/c17-9-2-1-8(12(18)5-9)7-19-22-16(25)14-20-13-4-3-10(23(26)27)6-11(13)15(24)21-14/h1-7H,(H,22,25)(H,20,21,24)/b19-7-. The first-order valence-electron chi connectivity index (χ1n) is 7.32. The molecule has 0 radical (unpaired) electrons. The summed E-state index contributed by atoms with van der Waals surface area (Å²) in [6.45, 7) is 0. The first-order chi connectivity index (χ1) is 12.8. The van der Waals surface area contributed by atoms with E-state index in [-0.39, 0.29) is 22.4 Å². The summed E-state index contributed by atoms with van der Waals surface area (Å²) >= 11 is 11.8. The number of H-pyrrole nitrogens is 1. The van der Waals surface area contributed by atoms with Crippen LogP contribution in [0.25, 0.3) is 10.9 Å². The number of hydrogen-bond acceptors (Lipinski definition) is 6. The molecule has 3 aromatic rings. The van der Waals surface area contributed by atoms with Crippen LogP contribution in [-0.2, 0) is 0 Å². The molecule has 1 amide bonds. The predicted octanol–water partition coefficient (Wildman–Crippen LogP) is 2.90. The molecule has 0 aliphatic carbocycles. The molecule has 1 heterocycles. The van der Waals surface area contributed by atoms with Crippen LogP contribution in [0.3, 0.4) is 0 Å². The van der Waals surface area contributed by atoms with Crippen molar-refractivity contribution in [2.75, 3.05) is 0 Å². The number of fused-ring (bicyclic) bond motifs is 1. The van der Waals surface area contributed by atoms with Crippen molar-refractivity contribution in [3.05, 3.63) is 78.3 Å². The number of nitro benzene ring substituents is 1. The molecule has 2 N–H and O–H groups in total. The molecular formula is C16H9Cl2N5O4.